The third-order valence-corrected chi connectivity index (χ3v) is 3.65. The summed E-state index contributed by atoms with van der Waals surface area (Å²) in [5, 5.41) is 4.73. The van der Waals surface area contributed by atoms with Gasteiger partial charge in [0, 0.05) is 30.7 Å². The summed E-state index contributed by atoms with van der Waals surface area (Å²) >= 11 is 0. The number of aryl methyl sites for hydroxylation is 1. The van der Waals surface area contributed by atoms with Gasteiger partial charge in [0.05, 0.1) is 11.4 Å². The van der Waals surface area contributed by atoms with Crippen molar-refractivity contribution in [2.75, 3.05) is 17.6 Å². The van der Waals surface area contributed by atoms with Crippen LogP contribution in [0.25, 0.3) is 10.9 Å². The molecule has 3 heteroatoms. The molecule has 0 atom stereocenters. The van der Waals surface area contributed by atoms with Crippen LogP contribution in [0.2, 0.25) is 0 Å². The molecule has 1 heterocycles. The van der Waals surface area contributed by atoms with E-state index in [2.05, 4.69) is 47.4 Å². The van der Waals surface area contributed by atoms with E-state index >= 15 is 0 Å². The average molecular weight is 265 g/mol. The Hall–Kier alpha value is -2.42. The van der Waals surface area contributed by atoms with Gasteiger partial charge in [-0.25, -0.2) is 0 Å². The zero-order chi connectivity index (χ0) is 13.9. The van der Waals surface area contributed by atoms with Gasteiger partial charge in [0.2, 0.25) is 0 Å². The van der Waals surface area contributed by atoms with Crippen molar-refractivity contribution in [3.63, 3.8) is 0 Å². The standard InChI is InChI=1S/C17H19N3/c1-20-12-13(14-6-2-5-9-17(14)20)10-11-19-16-8-4-3-7-15(16)18/h2-9,12,19H,10-11,18H2,1H3. The number of rotatable bonds is 4. The van der Waals surface area contributed by atoms with Gasteiger partial charge < -0.3 is 15.6 Å². The van der Waals surface area contributed by atoms with Crippen molar-refractivity contribution in [3.8, 4) is 0 Å². The number of fused-ring (bicyclic) bond motifs is 1. The minimum absolute atomic E-state index is 0.797. The Kier molecular flexibility index (Phi) is 3.33. The van der Waals surface area contributed by atoms with E-state index in [1.165, 1.54) is 16.5 Å². The topological polar surface area (TPSA) is 43.0 Å². The molecule has 3 rings (SSSR count). The van der Waals surface area contributed by atoms with Crippen LogP contribution in [-0.4, -0.2) is 11.1 Å². The van der Waals surface area contributed by atoms with E-state index in [9.17, 15) is 0 Å². The van der Waals surface area contributed by atoms with E-state index in [-0.39, 0.29) is 0 Å². The predicted molar refractivity (Wildman–Crippen MR) is 86.0 cm³/mol. The molecule has 0 amide bonds. The van der Waals surface area contributed by atoms with Gasteiger partial charge >= 0.3 is 0 Å². The number of nitrogens with one attached hydrogen (secondary N) is 1. The Morgan fingerprint density at radius 2 is 1.80 bits per heavy atom. The first-order chi connectivity index (χ1) is 9.75. The minimum Gasteiger partial charge on any atom is -0.397 e. The Morgan fingerprint density at radius 3 is 2.65 bits per heavy atom. The highest BCUT2D eigenvalue weighted by atomic mass is 14.9. The van der Waals surface area contributed by atoms with Crippen molar-refractivity contribution in [2.24, 2.45) is 7.05 Å². The van der Waals surface area contributed by atoms with E-state index in [1.807, 2.05) is 24.3 Å². The fourth-order valence-corrected chi connectivity index (χ4v) is 2.61. The number of hydrogen-bond donors (Lipinski definition) is 2. The maximum Gasteiger partial charge on any atom is 0.0574 e. The Morgan fingerprint density at radius 1 is 1.05 bits per heavy atom. The van der Waals surface area contributed by atoms with Crippen LogP contribution < -0.4 is 11.1 Å². The van der Waals surface area contributed by atoms with E-state index in [0.717, 1.165) is 24.3 Å². The molecule has 3 N–H and O–H groups in total. The SMILES string of the molecule is Cn1cc(CCNc2ccccc2N)c2ccccc21. The second-order valence-electron chi connectivity index (χ2n) is 5.05. The van der Waals surface area contributed by atoms with Gasteiger partial charge in [-0.3, -0.25) is 0 Å². The van der Waals surface area contributed by atoms with Gasteiger partial charge in [0.25, 0.3) is 0 Å². The first-order valence-electron chi connectivity index (χ1n) is 6.87. The zero-order valence-corrected chi connectivity index (χ0v) is 11.6. The normalized spacial score (nSPS) is 10.8. The molecule has 3 aromatic rings. The predicted octanol–water partition coefficient (Wildman–Crippen LogP) is 3.42. The molecule has 0 fully saturated rings. The molecule has 0 aliphatic heterocycles. The number of anilines is 2. The highest BCUT2D eigenvalue weighted by molar-refractivity contribution is 5.84. The molecule has 2 aromatic carbocycles. The second kappa shape index (κ2) is 5.29. The smallest absolute Gasteiger partial charge is 0.0574 e. The first-order valence-corrected chi connectivity index (χ1v) is 6.87. The molecule has 102 valence electrons. The molecule has 0 aliphatic carbocycles. The number of aromatic nitrogens is 1. The van der Waals surface area contributed by atoms with Crippen molar-refractivity contribution in [2.45, 2.75) is 6.42 Å². The molecule has 0 radical (unpaired) electrons. The van der Waals surface area contributed by atoms with Crippen LogP contribution >= 0.6 is 0 Å². The van der Waals surface area contributed by atoms with Crippen LogP contribution in [0.5, 0.6) is 0 Å². The summed E-state index contributed by atoms with van der Waals surface area (Å²) in [4.78, 5) is 0. The van der Waals surface area contributed by atoms with E-state index < -0.39 is 0 Å². The summed E-state index contributed by atoms with van der Waals surface area (Å²) in [6, 6.07) is 16.4. The molecule has 3 nitrogen and oxygen atoms in total. The van der Waals surface area contributed by atoms with Crippen LogP contribution in [-0.2, 0) is 13.5 Å². The van der Waals surface area contributed by atoms with Gasteiger partial charge in [-0.1, -0.05) is 30.3 Å². The lowest BCUT2D eigenvalue weighted by Gasteiger charge is -2.08. The Bertz CT molecular complexity index is 728. The Labute approximate surface area is 119 Å². The number of para-hydroxylation sites is 3. The third kappa shape index (κ3) is 2.35. The van der Waals surface area contributed by atoms with Crippen molar-refractivity contribution in [1.29, 1.82) is 0 Å². The van der Waals surface area contributed by atoms with Crippen LogP contribution in [0.1, 0.15) is 5.56 Å². The van der Waals surface area contributed by atoms with Crippen LogP contribution in [0, 0.1) is 0 Å². The molecule has 1 aromatic heterocycles. The lowest BCUT2D eigenvalue weighted by atomic mass is 10.1. The number of nitrogens with two attached hydrogens (primary N) is 1. The van der Waals surface area contributed by atoms with Crippen LogP contribution in [0.15, 0.2) is 54.7 Å². The monoisotopic (exact) mass is 265 g/mol. The molecular weight excluding hydrogens is 246 g/mol. The first kappa shape index (κ1) is 12.6. The third-order valence-electron chi connectivity index (χ3n) is 3.65. The zero-order valence-electron chi connectivity index (χ0n) is 11.6. The molecule has 0 aliphatic rings. The second-order valence-corrected chi connectivity index (χ2v) is 5.05. The summed E-state index contributed by atoms with van der Waals surface area (Å²) < 4.78 is 2.18. The summed E-state index contributed by atoms with van der Waals surface area (Å²) in [5.41, 5.74) is 10.4. The van der Waals surface area contributed by atoms with Crippen molar-refractivity contribution >= 4 is 22.3 Å². The van der Waals surface area contributed by atoms with Gasteiger partial charge in [-0.05, 0) is 30.2 Å². The van der Waals surface area contributed by atoms with E-state index in [4.69, 9.17) is 5.73 Å². The quantitative estimate of drug-likeness (QED) is 0.710. The lowest BCUT2D eigenvalue weighted by Crippen LogP contribution is -2.06. The summed E-state index contributed by atoms with van der Waals surface area (Å²) in [5.74, 6) is 0. The molecular formula is C17H19N3. The van der Waals surface area contributed by atoms with Crippen molar-refractivity contribution in [3.05, 3.63) is 60.3 Å². The highest BCUT2D eigenvalue weighted by Gasteiger charge is 2.05. The minimum atomic E-state index is 0.797. The molecule has 0 unspecified atom stereocenters. The number of benzene rings is 2. The highest BCUT2D eigenvalue weighted by Crippen LogP contribution is 2.21. The van der Waals surface area contributed by atoms with E-state index in [0.29, 0.717) is 0 Å². The van der Waals surface area contributed by atoms with Gasteiger partial charge in [0.15, 0.2) is 0 Å². The molecule has 0 saturated carbocycles. The van der Waals surface area contributed by atoms with Gasteiger partial charge in [-0.15, -0.1) is 0 Å². The molecule has 0 spiro atoms. The largest absolute Gasteiger partial charge is 0.397 e. The summed E-state index contributed by atoms with van der Waals surface area (Å²) in [7, 11) is 2.09. The van der Waals surface area contributed by atoms with Crippen molar-refractivity contribution < 1.29 is 0 Å². The average Bonchev–Trinajstić information content (AvgIpc) is 2.78. The molecule has 0 saturated heterocycles. The fourth-order valence-electron chi connectivity index (χ4n) is 2.61. The number of nitrogen functional groups attached to an aromatic ring is 1. The Balaban J connectivity index is 1.73. The maximum atomic E-state index is 5.93. The summed E-state index contributed by atoms with van der Waals surface area (Å²) in [6.45, 7) is 0.877. The molecule has 0 bridgehead atoms. The molecule has 20 heavy (non-hydrogen) atoms. The van der Waals surface area contributed by atoms with Gasteiger partial charge in [-0.2, -0.15) is 0 Å². The summed E-state index contributed by atoms with van der Waals surface area (Å²) in [6.07, 6.45) is 3.19. The van der Waals surface area contributed by atoms with Crippen molar-refractivity contribution in [1.82, 2.24) is 4.57 Å². The fraction of sp³-hybridized carbons (Fsp3) is 0.176. The van der Waals surface area contributed by atoms with Crippen LogP contribution in [0.3, 0.4) is 0 Å². The van der Waals surface area contributed by atoms with Gasteiger partial charge in [0.1, 0.15) is 0 Å². The number of nitrogens with zero attached hydrogens (tertiary/aromatic N) is 1. The lowest BCUT2D eigenvalue weighted by molar-refractivity contribution is 0.943. The maximum absolute atomic E-state index is 5.93. The van der Waals surface area contributed by atoms with Crippen LogP contribution in [0.4, 0.5) is 11.4 Å². The van der Waals surface area contributed by atoms with E-state index in [1.54, 1.807) is 0 Å². The number of hydrogen-bond acceptors (Lipinski definition) is 2.